The van der Waals surface area contributed by atoms with Crippen molar-refractivity contribution in [3.63, 3.8) is 0 Å². The van der Waals surface area contributed by atoms with Crippen LogP contribution in [0.2, 0.25) is 0 Å². The molecule has 1 aromatic carbocycles. The number of amides is 2. The minimum absolute atomic E-state index is 0.0204. The molecule has 2 amide bonds. The Bertz CT molecular complexity index is 757. The molecule has 118 valence electrons. The van der Waals surface area contributed by atoms with Gasteiger partial charge in [-0.25, -0.2) is 4.98 Å². The molecule has 1 N–H and O–H groups in total. The predicted octanol–water partition coefficient (Wildman–Crippen LogP) is 2.69. The van der Waals surface area contributed by atoms with Crippen LogP contribution in [-0.2, 0) is 9.59 Å². The summed E-state index contributed by atoms with van der Waals surface area (Å²) in [4.78, 5) is 30.6. The number of nitrogens with one attached hydrogen (secondary N) is 1. The van der Waals surface area contributed by atoms with Crippen molar-refractivity contribution in [1.29, 1.82) is 0 Å². The molecular weight excluding hydrogens is 290 g/mol. The van der Waals surface area contributed by atoms with Crippen LogP contribution in [0.25, 0.3) is 0 Å². The minimum atomic E-state index is -0.356. The van der Waals surface area contributed by atoms with Gasteiger partial charge < -0.3 is 10.2 Å². The fraction of sp³-hybridized carbons (Fsp3) is 0.278. The number of aryl methyl sites for hydroxylation is 2. The zero-order valence-corrected chi connectivity index (χ0v) is 13.2. The number of pyridine rings is 1. The summed E-state index contributed by atoms with van der Waals surface area (Å²) in [7, 11) is 0. The maximum absolute atomic E-state index is 12.4. The average Bonchev–Trinajstić information content (AvgIpc) is 2.89. The fourth-order valence-corrected chi connectivity index (χ4v) is 2.77. The van der Waals surface area contributed by atoms with Gasteiger partial charge in [0.05, 0.1) is 5.92 Å². The molecule has 0 unspecified atom stereocenters. The molecule has 5 heteroatoms. The highest BCUT2D eigenvalue weighted by atomic mass is 16.2. The first kappa shape index (κ1) is 15.2. The molecule has 0 aliphatic carbocycles. The summed E-state index contributed by atoms with van der Waals surface area (Å²) in [6.45, 7) is 4.26. The maximum atomic E-state index is 12.4. The number of nitrogens with zero attached hydrogens (tertiary/aromatic N) is 2. The molecule has 0 spiro atoms. The van der Waals surface area contributed by atoms with Crippen LogP contribution >= 0.6 is 0 Å². The summed E-state index contributed by atoms with van der Waals surface area (Å²) in [6.07, 6.45) is 0.228. The lowest BCUT2D eigenvalue weighted by atomic mass is 10.1. The molecule has 1 aliphatic heterocycles. The number of hydrogen-bond donors (Lipinski definition) is 1. The maximum Gasteiger partial charge on any atom is 0.230 e. The van der Waals surface area contributed by atoms with Gasteiger partial charge in [-0.2, -0.15) is 0 Å². The largest absolute Gasteiger partial charge is 0.312 e. The highest BCUT2D eigenvalue weighted by molar-refractivity contribution is 6.03. The number of carbonyl (C=O) groups is 2. The van der Waals surface area contributed by atoms with Gasteiger partial charge in [0.2, 0.25) is 11.8 Å². The molecule has 1 fully saturated rings. The van der Waals surface area contributed by atoms with Gasteiger partial charge in [0, 0.05) is 24.3 Å². The van der Waals surface area contributed by atoms with Gasteiger partial charge in [0.15, 0.2) is 0 Å². The molecule has 3 rings (SSSR count). The molecule has 0 bridgehead atoms. The highest BCUT2D eigenvalue weighted by Gasteiger charge is 2.35. The molecule has 1 saturated heterocycles. The van der Waals surface area contributed by atoms with E-state index in [0.717, 1.165) is 16.9 Å². The van der Waals surface area contributed by atoms with Crippen molar-refractivity contribution in [3.05, 3.63) is 53.7 Å². The summed E-state index contributed by atoms with van der Waals surface area (Å²) < 4.78 is 0. The van der Waals surface area contributed by atoms with Gasteiger partial charge in [0.25, 0.3) is 0 Å². The van der Waals surface area contributed by atoms with Crippen LogP contribution in [0, 0.1) is 19.8 Å². The van der Waals surface area contributed by atoms with Crippen molar-refractivity contribution >= 4 is 23.3 Å². The van der Waals surface area contributed by atoms with Crippen molar-refractivity contribution in [2.45, 2.75) is 20.3 Å². The quantitative estimate of drug-likeness (QED) is 0.948. The summed E-state index contributed by atoms with van der Waals surface area (Å²) in [5.74, 6) is -0.0127. The number of anilines is 2. The first-order valence-corrected chi connectivity index (χ1v) is 7.64. The Morgan fingerprint density at radius 1 is 1.22 bits per heavy atom. The summed E-state index contributed by atoms with van der Waals surface area (Å²) in [6, 6.07) is 13.2. The zero-order valence-electron chi connectivity index (χ0n) is 13.2. The van der Waals surface area contributed by atoms with Gasteiger partial charge in [-0.15, -0.1) is 0 Å². The van der Waals surface area contributed by atoms with Gasteiger partial charge >= 0.3 is 0 Å². The molecule has 0 radical (unpaired) electrons. The minimum Gasteiger partial charge on any atom is -0.312 e. The molecule has 1 atom stereocenters. The lowest BCUT2D eigenvalue weighted by molar-refractivity contribution is -0.122. The van der Waals surface area contributed by atoms with Crippen molar-refractivity contribution in [2.75, 3.05) is 16.8 Å². The van der Waals surface area contributed by atoms with Crippen LogP contribution in [0.1, 0.15) is 17.7 Å². The molecule has 23 heavy (non-hydrogen) atoms. The number of aromatic nitrogens is 1. The third-order valence-corrected chi connectivity index (χ3v) is 3.95. The van der Waals surface area contributed by atoms with E-state index in [1.54, 1.807) is 11.0 Å². The smallest absolute Gasteiger partial charge is 0.230 e. The molecule has 5 nitrogen and oxygen atoms in total. The summed E-state index contributed by atoms with van der Waals surface area (Å²) in [5, 5.41) is 2.80. The lowest BCUT2D eigenvalue weighted by Gasteiger charge is -2.17. The van der Waals surface area contributed by atoms with E-state index in [2.05, 4.69) is 10.3 Å². The molecule has 0 saturated carbocycles. The third-order valence-electron chi connectivity index (χ3n) is 3.95. The van der Waals surface area contributed by atoms with Crippen LogP contribution in [0.3, 0.4) is 0 Å². The van der Waals surface area contributed by atoms with Gasteiger partial charge in [-0.3, -0.25) is 9.59 Å². The Balaban J connectivity index is 1.70. The van der Waals surface area contributed by atoms with E-state index in [1.165, 1.54) is 0 Å². The Morgan fingerprint density at radius 3 is 2.74 bits per heavy atom. The molecule has 2 heterocycles. The first-order chi connectivity index (χ1) is 11.0. The third kappa shape index (κ3) is 3.39. The van der Waals surface area contributed by atoms with E-state index in [-0.39, 0.29) is 24.2 Å². The number of carbonyl (C=O) groups excluding carboxylic acids is 2. The van der Waals surface area contributed by atoms with Crippen LogP contribution in [-0.4, -0.2) is 23.3 Å². The Kier molecular flexibility index (Phi) is 4.10. The normalized spacial score (nSPS) is 17.4. The summed E-state index contributed by atoms with van der Waals surface area (Å²) >= 11 is 0. The van der Waals surface area contributed by atoms with Crippen LogP contribution < -0.4 is 10.2 Å². The van der Waals surface area contributed by atoms with E-state index in [4.69, 9.17) is 0 Å². The second-order valence-electron chi connectivity index (χ2n) is 5.90. The Hall–Kier alpha value is -2.69. The van der Waals surface area contributed by atoms with E-state index in [9.17, 15) is 9.59 Å². The van der Waals surface area contributed by atoms with Gasteiger partial charge in [0.1, 0.15) is 5.82 Å². The second-order valence-corrected chi connectivity index (χ2v) is 5.90. The zero-order chi connectivity index (χ0) is 16.4. The van der Waals surface area contributed by atoms with Crippen molar-refractivity contribution < 1.29 is 9.59 Å². The monoisotopic (exact) mass is 309 g/mol. The SMILES string of the molecule is Cc1cccc(N2C[C@@H](C(=O)Nc3cccc(C)n3)CC2=O)c1. The fourth-order valence-electron chi connectivity index (χ4n) is 2.77. The molecular formula is C18H19N3O2. The van der Waals surface area contributed by atoms with Crippen LogP contribution in [0.5, 0.6) is 0 Å². The van der Waals surface area contributed by atoms with Crippen molar-refractivity contribution in [2.24, 2.45) is 5.92 Å². The molecule has 1 aromatic heterocycles. The highest BCUT2D eigenvalue weighted by Crippen LogP contribution is 2.26. The second kappa shape index (κ2) is 6.20. The van der Waals surface area contributed by atoms with E-state index in [0.29, 0.717) is 12.4 Å². The van der Waals surface area contributed by atoms with Gasteiger partial charge in [-0.1, -0.05) is 18.2 Å². The van der Waals surface area contributed by atoms with E-state index in [1.807, 2.05) is 50.2 Å². The van der Waals surface area contributed by atoms with Crippen molar-refractivity contribution in [3.8, 4) is 0 Å². The number of rotatable bonds is 3. The topological polar surface area (TPSA) is 62.3 Å². The van der Waals surface area contributed by atoms with Crippen LogP contribution in [0.4, 0.5) is 11.5 Å². The number of hydrogen-bond acceptors (Lipinski definition) is 3. The summed E-state index contributed by atoms with van der Waals surface area (Å²) in [5.41, 5.74) is 2.78. The Labute approximate surface area is 135 Å². The van der Waals surface area contributed by atoms with E-state index >= 15 is 0 Å². The molecule has 2 aromatic rings. The van der Waals surface area contributed by atoms with E-state index < -0.39 is 0 Å². The van der Waals surface area contributed by atoms with Gasteiger partial charge in [-0.05, 0) is 43.7 Å². The first-order valence-electron chi connectivity index (χ1n) is 7.64. The predicted molar refractivity (Wildman–Crippen MR) is 89.2 cm³/mol. The van der Waals surface area contributed by atoms with Crippen molar-refractivity contribution in [1.82, 2.24) is 4.98 Å². The standard InChI is InChI=1S/C18H19N3O2/c1-12-5-3-7-15(9-12)21-11-14(10-17(21)22)18(23)20-16-8-4-6-13(2)19-16/h3-9,14H,10-11H2,1-2H3,(H,19,20,23)/t14-/m0/s1. The number of benzene rings is 1. The molecule has 1 aliphatic rings. The lowest BCUT2D eigenvalue weighted by Crippen LogP contribution is -2.28. The Morgan fingerprint density at radius 2 is 2.00 bits per heavy atom. The average molecular weight is 309 g/mol. The van der Waals surface area contributed by atoms with Crippen LogP contribution in [0.15, 0.2) is 42.5 Å².